The van der Waals surface area contributed by atoms with Crippen LogP contribution in [0, 0.1) is 0 Å². The van der Waals surface area contributed by atoms with Gasteiger partial charge in [0.05, 0.1) is 14.2 Å². The lowest BCUT2D eigenvalue weighted by molar-refractivity contribution is 0.397. The first kappa shape index (κ1) is 9.15. The predicted octanol–water partition coefficient (Wildman–Crippen LogP) is 2.23. The first-order valence-electron chi connectivity index (χ1n) is 4.02. The molecule has 2 rings (SSSR count). The molecular formula is C9H9ClN2O2. The largest absolute Gasteiger partial charge is 0.497 e. The fourth-order valence-electron chi connectivity index (χ4n) is 1.30. The standard InChI is InChI=1S/C9H9ClN2O2/c1-13-5-3-6-8(7(4-5)14-2)11-12-9(6)10/h3-4H,1-2H3,(H,11,12). The van der Waals surface area contributed by atoms with E-state index in [1.165, 1.54) is 0 Å². The van der Waals surface area contributed by atoms with Crippen molar-refractivity contribution in [3.05, 3.63) is 17.3 Å². The molecule has 0 aliphatic heterocycles. The SMILES string of the molecule is COc1cc(OC)c2n[nH]c(Cl)c2c1. The third-order valence-corrected chi connectivity index (χ3v) is 2.29. The van der Waals surface area contributed by atoms with Gasteiger partial charge >= 0.3 is 0 Å². The summed E-state index contributed by atoms with van der Waals surface area (Å²) >= 11 is 5.90. The fourth-order valence-corrected chi connectivity index (χ4v) is 1.49. The Labute approximate surface area is 85.8 Å². The number of H-pyrrole nitrogens is 1. The number of hydrogen-bond acceptors (Lipinski definition) is 3. The summed E-state index contributed by atoms with van der Waals surface area (Å²) < 4.78 is 10.3. The van der Waals surface area contributed by atoms with Crippen molar-refractivity contribution >= 4 is 22.5 Å². The molecule has 0 radical (unpaired) electrons. The summed E-state index contributed by atoms with van der Waals surface area (Å²) in [5, 5.41) is 7.99. The molecule has 1 heterocycles. The van der Waals surface area contributed by atoms with Crippen LogP contribution in [0.15, 0.2) is 12.1 Å². The second-order valence-corrected chi connectivity index (χ2v) is 3.14. The normalized spacial score (nSPS) is 10.5. The first-order valence-corrected chi connectivity index (χ1v) is 4.39. The van der Waals surface area contributed by atoms with E-state index in [0.717, 1.165) is 5.39 Å². The van der Waals surface area contributed by atoms with Crippen LogP contribution in [0.4, 0.5) is 0 Å². The van der Waals surface area contributed by atoms with Gasteiger partial charge in [0.2, 0.25) is 0 Å². The van der Waals surface area contributed by atoms with Crippen molar-refractivity contribution in [2.24, 2.45) is 0 Å². The summed E-state index contributed by atoms with van der Waals surface area (Å²) in [6.07, 6.45) is 0. The van der Waals surface area contributed by atoms with Gasteiger partial charge in [-0.15, -0.1) is 0 Å². The molecule has 1 N–H and O–H groups in total. The van der Waals surface area contributed by atoms with Crippen molar-refractivity contribution in [3.8, 4) is 11.5 Å². The monoisotopic (exact) mass is 212 g/mol. The molecule has 74 valence electrons. The molecule has 0 atom stereocenters. The Kier molecular flexibility index (Phi) is 2.21. The molecule has 0 amide bonds. The third kappa shape index (κ3) is 1.28. The van der Waals surface area contributed by atoms with Crippen LogP contribution in [0.3, 0.4) is 0 Å². The number of rotatable bonds is 2. The summed E-state index contributed by atoms with van der Waals surface area (Å²) in [4.78, 5) is 0. The minimum Gasteiger partial charge on any atom is -0.497 e. The number of nitrogens with zero attached hydrogens (tertiary/aromatic N) is 1. The number of ether oxygens (including phenoxy) is 2. The highest BCUT2D eigenvalue weighted by atomic mass is 35.5. The van der Waals surface area contributed by atoms with Crippen LogP contribution in [0.5, 0.6) is 11.5 Å². The molecule has 1 aromatic carbocycles. The molecule has 1 aromatic heterocycles. The zero-order valence-electron chi connectivity index (χ0n) is 7.80. The molecule has 14 heavy (non-hydrogen) atoms. The highest BCUT2D eigenvalue weighted by molar-refractivity contribution is 6.34. The Morgan fingerprint density at radius 3 is 2.71 bits per heavy atom. The van der Waals surface area contributed by atoms with Crippen LogP contribution in [-0.4, -0.2) is 24.4 Å². The van der Waals surface area contributed by atoms with E-state index in [4.69, 9.17) is 21.1 Å². The van der Waals surface area contributed by atoms with Crippen molar-refractivity contribution in [2.45, 2.75) is 0 Å². The van der Waals surface area contributed by atoms with E-state index in [1.54, 1.807) is 20.3 Å². The van der Waals surface area contributed by atoms with Gasteiger partial charge in [0, 0.05) is 11.5 Å². The molecule has 0 bridgehead atoms. The smallest absolute Gasteiger partial charge is 0.150 e. The Morgan fingerprint density at radius 1 is 1.29 bits per heavy atom. The topological polar surface area (TPSA) is 47.1 Å². The predicted molar refractivity (Wildman–Crippen MR) is 54.2 cm³/mol. The Morgan fingerprint density at radius 2 is 2.07 bits per heavy atom. The van der Waals surface area contributed by atoms with Crippen LogP contribution >= 0.6 is 11.6 Å². The highest BCUT2D eigenvalue weighted by Crippen LogP contribution is 2.32. The van der Waals surface area contributed by atoms with Gasteiger partial charge in [-0.25, -0.2) is 0 Å². The van der Waals surface area contributed by atoms with Gasteiger partial charge in [-0.05, 0) is 6.07 Å². The lowest BCUT2D eigenvalue weighted by Crippen LogP contribution is -1.87. The Balaban J connectivity index is 2.76. The number of hydrogen-bond donors (Lipinski definition) is 1. The van der Waals surface area contributed by atoms with E-state index in [-0.39, 0.29) is 0 Å². The minimum absolute atomic E-state index is 0.484. The number of nitrogens with one attached hydrogen (secondary N) is 1. The van der Waals surface area contributed by atoms with Gasteiger partial charge in [0.15, 0.2) is 5.75 Å². The number of aromatic nitrogens is 2. The molecule has 0 saturated heterocycles. The zero-order chi connectivity index (χ0) is 10.1. The van der Waals surface area contributed by atoms with E-state index >= 15 is 0 Å². The lowest BCUT2D eigenvalue weighted by atomic mass is 10.2. The summed E-state index contributed by atoms with van der Waals surface area (Å²) in [5.41, 5.74) is 0.707. The maximum Gasteiger partial charge on any atom is 0.150 e. The fraction of sp³-hybridized carbons (Fsp3) is 0.222. The number of aromatic amines is 1. The first-order chi connectivity index (χ1) is 6.76. The maximum atomic E-state index is 5.90. The summed E-state index contributed by atoms with van der Waals surface area (Å²) in [6, 6.07) is 3.57. The average Bonchev–Trinajstić information content (AvgIpc) is 2.59. The van der Waals surface area contributed by atoms with E-state index in [9.17, 15) is 0 Å². The number of fused-ring (bicyclic) bond motifs is 1. The quantitative estimate of drug-likeness (QED) is 0.831. The van der Waals surface area contributed by atoms with Crippen LogP contribution in [0.25, 0.3) is 10.9 Å². The van der Waals surface area contributed by atoms with E-state index in [0.29, 0.717) is 22.2 Å². The van der Waals surface area contributed by atoms with Crippen LogP contribution in [0.1, 0.15) is 0 Å². The molecule has 0 unspecified atom stereocenters. The van der Waals surface area contributed by atoms with Crippen molar-refractivity contribution in [1.82, 2.24) is 10.2 Å². The van der Waals surface area contributed by atoms with Gasteiger partial charge in [-0.3, -0.25) is 5.10 Å². The van der Waals surface area contributed by atoms with E-state index in [1.807, 2.05) is 6.07 Å². The van der Waals surface area contributed by atoms with Crippen LogP contribution in [-0.2, 0) is 0 Å². The van der Waals surface area contributed by atoms with Gasteiger partial charge in [-0.1, -0.05) is 11.6 Å². The summed E-state index contributed by atoms with van der Waals surface area (Å²) in [5.74, 6) is 1.33. The average molecular weight is 213 g/mol. The maximum absolute atomic E-state index is 5.90. The van der Waals surface area contributed by atoms with Crippen molar-refractivity contribution in [2.75, 3.05) is 14.2 Å². The molecule has 0 fully saturated rings. The lowest BCUT2D eigenvalue weighted by Gasteiger charge is -2.04. The van der Waals surface area contributed by atoms with Crippen molar-refractivity contribution < 1.29 is 9.47 Å². The van der Waals surface area contributed by atoms with Gasteiger partial charge < -0.3 is 9.47 Å². The van der Waals surface area contributed by atoms with Crippen molar-refractivity contribution in [3.63, 3.8) is 0 Å². The molecule has 5 heteroatoms. The summed E-state index contributed by atoms with van der Waals surface area (Å²) in [7, 11) is 3.17. The molecule has 2 aromatic rings. The molecule has 4 nitrogen and oxygen atoms in total. The number of methoxy groups -OCH3 is 2. The second-order valence-electron chi connectivity index (χ2n) is 2.76. The highest BCUT2D eigenvalue weighted by Gasteiger charge is 2.10. The van der Waals surface area contributed by atoms with E-state index in [2.05, 4.69) is 10.2 Å². The van der Waals surface area contributed by atoms with Crippen molar-refractivity contribution in [1.29, 1.82) is 0 Å². The van der Waals surface area contributed by atoms with Gasteiger partial charge in [0.25, 0.3) is 0 Å². The van der Waals surface area contributed by atoms with Crippen LogP contribution < -0.4 is 9.47 Å². The Hall–Kier alpha value is -1.42. The molecule has 0 aliphatic carbocycles. The Bertz CT molecular complexity index is 467. The van der Waals surface area contributed by atoms with Gasteiger partial charge in [0.1, 0.15) is 16.4 Å². The second kappa shape index (κ2) is 3.38. The summed E-state index contributed by atoms with van der Waals surface area (Å²) in [6.45, 7) is 0. The molecule has 0 saturated carbocycles. The molecular weight excluding hydrogens is 204 g/mol. The van der Waals surface area contributed by atoms with Crippen LogP contribution in [0.2, 0.25) is 5.15 Å². The van der Waals surface area contributed by atoms with Gasteiger partial charge in [-0.2, -0.15) is 5.10 Å². The molecule has 0 spiro atoms. The minimum atomic E-state index is 0.484. The third-order valence-electron chi connectivity index (χ3n) is 2.01. The molecule has 0 aliphatic rings. The number of benzene rings is 1. The number of halogens is 1. The van der Waals surface area contributed by atoms with E-state index < -0.39 is 0 Å². The zero-order valence-corrected chi connectivity index (χ0v) is 8.55.